The lowest BCUT2D eigenvalue weighted by Gasteiger charge is -2.46. The van der Waals surface area contributed by atoms with E-state index in [2.05, 4.69) is 26.6 Å². The number of aromatic nitrogens is 1. The van der Waals surface area contributed by atoms with Gasteiger partial charge in [-0.25, -0.2) is 4.98 Å². The highest BCUT2D eigenvalue weighted by molar-refractivity contribution is 6.30. The van der Waals surface area contributed by atoms with Gasteiger partial charge in [0.15, 0.2) is 0 Å². The Morgan fingerprint density at radius 1 is 1.16 bits per heavy atom. The second-order valence-electron chi connectivity index (χ2n) is 8.55. The van der Waals surface area contributed by atoms with Crippen LogP contribution >= 0.6 is 11.6 Å². The van der Waals surface area contributed by atoms with Gasteiger partial charge in [0.2, 0.25) is 11.8 Å². The zero-order valence-corrected chi connectivity index (χ0v) is 19.0. The van der Waals surface area contributed by atoms with Crippen LogP contribution in [0.2, 0.25) is 5.02 Å². The summed E-state index contributed by atoms with van der Waals surface area (Å²) in [5.41, 5.74) is 1.74. The number of hydrogen-bond acceptors (Lipinski definition) is 5. The summed E-state index contributed by atoms with van der Waals surface area (Å²) in [7, 11) is 1.63. The van der Waals surface area contributed by atoms with Gasteiger partial charge in [0, 0.05) is 42.0 Å². The van der Waals surface area contributed by atoms with Gasteiger partial charge in [0.1, 0.15) is 0 Å². The van der Waals surface area contributed by atoms with Crippen molar-refractivity contribution in [1.82, 2.24) is 20.5 Å². The number of pyridine rings is 1. The topological polar surface area (TPSA) is 83.6 Å². The summed E-state index contributed by atoms with van der Waals surface area (Å²) in [6.07, 6.45) is 6.56. The Balaban J connectivity index is 1.14. The SMILES string of the molecule is COc1ccc(C2CCC(N3CC(NC(=O)CNC(=O)c4cccc(Cl)c4)C3)CC2)cn1. The van der Waals surface area contributed by atoms with Gasteiger partial charge in [-0.05, 0) is 55.4 Å². The molecule has 2 heterocycles. The number of methoxy groups -OCH3 is 1. The number of likely N-dealkylation sites (tertiary alicyclic amines) is 1. The van der Waals surface area contributed by atoms with E-state index >= 15 is 0 Å². The molecule has 1 saturated carbocycles. The van der Waals surface area contributed by atoms with E-state index in [1.807, 2.05) is 12.3 Å². The molecule has 0 atom stereocenters. The zero-order chi connectivity index (χ0) is 22.5. The average molecular weight is 457 g/mol. The molecule has 1 aromatic carbocycles. The van der Waals surface area contributed by atoms with Crippen LogP contribution in [0.4, 0.5) is 0 Å². The van der Waals surface area contributed by atoms with Gasteiger partial charge in [-0.15, -0.1) is 0 Å². The molecule has 7 nitrogen and oxygen atoms in total. The molecule has 32 heavy (non-hydrogen) atoms. The summed E-state index contributed by atoms with van der Waals surface area (Å²) in [5.74, 6) is 0.743. The molecule has 170 valence electrons. The minimum absolute atomic E-state index is 0.0388. The number of nitrogens with one attached hydrogen (secondary N) is 2. The van der Waals surface area contributed by atoms with Gasteiger partial charge < -0.3 is 15.4 Å². The van der Waals surface area contributed by atoms with Crippen molar-refractivity contribution < 1.29 is 14.3 Å². The van der Waals surface area contributed by atoms with E-state index in [9.17, 15) is 9.59 Å². The fourth-order valence-corrected chi connectivity index (χ4v) is 4.79. The predicted molar refractivity (Wildman–Crippen MR) is 123 cm³/mol. The molecule has 4 rings (SSSR count). The molecule has 1 aliphatic carbocycles. The third kappa shape index (κ3) is 5.58. The standard InChI is InChI=1S/C24H29ClN4O3/c1-32-23-10-7-18(12-26-23)16-5-8-21(9-6-16)29-14-20(15-29)28-22(30)13-27-24(31)17-3-2-4-19(25)11-17/h2-4,7,10-12,16,20-21H,5-6,8-9,13-15H2,1H3,(H,27,31)(H,28,30). The first-order valence-electron chi connectivity index (χ1n) is 11.1. The lowest BCUT2D eigenvalue weighted by Crippen LogP contribution is -2.63. The largest absolute Gasteiger partial charge is 0.481 e. The van der Waals surface area contributed by atoms with Crippen LogP contribution in [0.25, 0.3) is 0 Å². The van der Waals surface area contributed by atoms with Crippen molar-refractivity contribution in [3.8, 4) is 5.88 Å². The number of benzene rings is 1. The van der Waals surface area contributed by atoms with Crippen molar-refractivity contribution >= 4 is 23.4 Å². The van der Waals surface area contributed by atoms with Crippen molar-refractivity contribution in [2.24, 2.45) is 0 Å². The molecule has 0 radical (unpaired) electrons. The van der Waals surface area contributed by atoms with Crippen molar-refractivity contribution in [2.75, 3.05) is 26.7 Å². The highest BCUT2D eigenvalue weighted by Gasteiger charge is 2.35. The molecular formula is C24H29ClN4O3. The van der Waals surface area contributed by atoms with Gasteiger partial charge in [0.05, 0.1) is 19.7 Å². The molecule has 2 fully saturated rings. The lowest BCUT2D eigenvalue weighted by molar-refractivity contribution is -0.122. The number of nitrogens with zero attached hydrogens (tertiary/aromatic N) is 2. The maximum Gasteiger partial charge on any atom is 0.251 e. The lowest BCUT2D eigenvalue weighted by atomic mass is 9.81. The Morgan fingerprint density at radius 3 is 2.59 bits per heavy atom. The molecule has 1 aromatic heterocycles. The number of halogens is 1. The molecule has 1 saturated heterocycles. The first kappa shape index (κ1) is 22.6. The van der Waals surface area contributed by atoms with Crippen LogP contribution in [0, 0.1) is 0 Å². The van der Waals surface area contributed by atoms with Gasteiger partial charge >= 0.3 is 0 Å². The van der Waals surface area contributed by atoms with Crippen LogP contribution in [0.15, 0.2) is 42.6 Å². The van der Waals surface area contributed by atoms with Crippen LogP contribution in [0.1, 0.15) is 47.5 Å². The summed E-state index contributed by atoms with van der Waals surface area (Å²) >= 11 is 5.90. The smallest absolute Gasteiger partial charge is 0.251 e. The van der Waals surface area contributed by atoms with E-state index in [-0.39, 0.29) is 24.4 Å². The summed E-state index contributed by atoms with van der Waals surface area (Å²) < 4.78 is 5.14. The molecule has 0 bridgehead atoms. The van der Waals surface area contributed by atoms with E-state index in [0.29, 0.717) is 28.4 Å². The highest BCUT2D eigenvalue weighted by atomic mass is 35.5. The van der Waals surface area contributed by atoms with Crippen molar-refractivity contribution in [2.45, 2.75) is 43.7 Å². The van der Waals surface area contributed by atoms with Gasteiger partial charge in [-0.2, -0.15) is 0 Å². The zero-order valence-electron chi connectivity index (χ0n) is 18.2. The molecule has 2 N–H and O–H groups in total. The van der Waals surface area contributed by atoms with Crippen molar-refractivity contribution in [3.63, 3.8) is 0 Å². The van der Waals surface area contributed by atoms with E-state index in [4.69, 9.17) is 16.3 Å². The van der Waals surface area contributed by atoms with Crippen LogP contribution in [-0.2, 0) is 4.79 Å². The normalized spacial score (nSPS) is 21.4. The second kappa shape index (κ2) is 10.3. The minimum atomic E-state index is -0.304. The minimum Gasteiger partial charge on any atom is -0.481 e. The second-order valence-corrected chi connectivity index (χ2v) is 8.99. The Hall–Kier alpha value is -2.64. The Morgan fingerprint density at radius 2 is 1.94 bits per heavy atom. The number of carbonyl (C=O) groups excluding carboxylic acids is 2. The van der Waals surface area contributed by atoms with Gasteiger partial charge in [-0.1, -0.05) is 23.7 Å². The first-order valence-corrected chi connectivity index (χ1v) is 11.5. The summed E-state index contributed by atoms with van der Waals surface area (Å²) in [5, 5.41) is 6.15. The molecule has 8 heteroatoms. The molecular weight excluding hydrogens is 428 g/mol. The fourth-order valence-electron chi connectivity index (χ4n) is 4.60. The van der Waals surface area contributed by atoms with Crippen molar-refractivity contribution in [1.29, 1.82) is 0 Å². The number of carbonyl (C=O) groups is 2. The fraction of sp³-hybridized carbons (Fsp3) is 0.458. The van der Waals surface area contributed by atoms with E-state index in [0.717, 1.165) is 38.8 Å². The van der Waals surface area contributed by atoms with Gasteiger partial charge in [-0.3, -0.25) is 14.5 Å². The van der Waals surface area contributed by atoms with E-state index in [1.165, 1.54) is 5.56 Å². The third-order valence-corrected chi connectivity index (χ3v) is 6.66. The van der Waals surface area contributed by atoms with Crippen molar-refractivity contribution in [3.05, 3.63) is 58.7 Å². The molecule has 0 spiro atoms. The third-order valence-electron chi connectivity index (χ3n) is 6.42. The molecule has 2 aliphatic rings. The summed E-state index contributed by atoms with van der Waals surface area (Å²) in [6, 6.07) is 11.4. The van der Waals surface area contributed by atoms with Crippen LogP contribution in [-0.4, -0.2) is 60.5 Å². The molecule has 2 aromatic rings. The van der Waals surface area contributed by atoms with E-state index < -0.39 is 0 Å². The van der Waals surface area contributed by atoms with E-state index in [1.54, 1.807) is 31.4 Å². The monoisotopic (exact) mass is 456 g/mol. The molecule has 1 aliphatic heterocycles. The maximum absolute atomic E-state index is 12.2. The van der Waals surface area contributed by atoms with Crippen LogP contribution < -0.4 is 15.4 Å². The average Bonchev–Trinajstić information content (AvgIpc) is 2.80. The maximum atomic E-state index is 12.2. The first-order chi connectivity index (χ1) is 15.5. The summed E-state index contributed by atoms with van der Waals surface area (Å²) in [6.45, 7) is 1.70. The number of amides is 2. The van der Waals surface area contributed by atoms with Gasteiger partial charge in [0.25, 0.3) is 5.91 Å². The number of ether oxygens (including phenoxy) is 1. The van der Waals surface area contributed by atoms with Crippen LogP contribution in [0.3, 0.4) is 0 Å². The number of rotatable bonds is 7. The Bertz CT molecular complexity index is 939. The molecule has 2 amide bonds. The highest BCUT2D eigenvalue weighted by Crippen LogP contribution is 2.36. The quantitative estimate of drug-likeness (QED) is 0.669. The Labute approximate surface area is 193 Å². The molecule has 0 unspecified atom stereocenters. The number of hydrogen-bond donors (Lipinski definition) is 2. The Kier molecular flexibility index (Phi) is 7.27. The predicted octanol–water partition coefficient (Wildman–Crippen LogP) is 3.00. The summed E-state index contributed by atoms with van der Waals surface area (Å²) in [4.78, 5) is 31.1. The van der Waals surface area contributed by atoms with Crippen LogP contribution in [0.5, 0.6) is 5.88 Å².